The quantitative estimate of drug-likeness (QED) is 0.888. The van der Waals surface area contributed by atoms with Crippen molar-refractivity contribution in [3.8, 4) is 0 Å². The molecule has 1 aromatic heterocycles. The highest BCUT2D eigenvalue weighted by molar-refractivity contribution is 5.93. The lowest BCUT2D eigenvalue weighted by Crippen LogP contribution is -2.41. The Morgan fingerprint density at radius 2 is 2.20 bits per heavy atom. The number of aromatic amines is 1. The Balaban J connectivity index is 1.68. The molecular formula is C16H22N2O2. The summed E-state index contributed by atoms with van der Waals surface area (Å²) in [5.41, 5.74) is 0.775. The second-order valence-electron chi connectivity index (χ2n) is 6.49. The van der Waals surface area contributed by atoms with Crippen LogP contribution in [0.15, 0.2) is 17.1 Å². The van der Waals surface area contributed by atoms with Gasteiger partial charge in [-0.05, 0) is 50.9 Å². The lowest BCUT2D eigenvalue weighted by Gasteiger charge is -2.28. The summed E-state index contributed by atoms with van der Waals surface area (Å²) in [5.74, 6) is 1.97. The standard InChI is InChI=1S/C16H22N2O2/c1-9-5-15(19)14(8-17-9)16(20)18-10(2)13-7-11-3-4-12(13)6-11/h5,8,10-13H,3-4,6-7H2,1-2H3,(H,17,19)(H,18,20). The molecule has 0 aromatic carbocycles. The van der Waals surface area contributed by atoms with Crippen molar-refractivity contribution < 1.29 is 4.79 Å². The van der Waals surface area contributed by atoms with Crippen molar-refractivity contribution in [2.45, 2.75) is 45.6 Å². The van der Waals surface area contributed by atoms with Crippen LogP contribution in [0.1, 0.15) is 48.7 Å². The molecule has 20 heavy (non-hydrogen) atoms. The molecule has 1 aromatic rings. The Kier molecular flexibility index (Phi) is 3.40. The zero-order chi connectivity index (χ0) is 14.3. The van der Waals surface area contributed by atoms with Crippen LogP contribution in [-0.2, 0) is 0 Å². The molecule has 0 saturated heterocycles. The number of fused-ring (bicyclic) bond motifs is 2. The average molecular weight is 274 g/mol. The fourth-order valence-corrected chi connectivity index (χ4v) is 4.05. The van der Waals surface area contributed by atoms with E-state index in [0.29, 0.717) is 5.92 Å². The Labute approximate surface area is 119 Å². The van der Waals surface area contributed by atoms with Gasteiger partial charge in [0.15, 0.2) is 5.43 Å². The molecule has 2 aliphatic rings. The number of hydrogen-bond donors (Lipinski definition) is 2. The Morgan fingerprint density at radius 3 is 2.80 bits per heavy atom. The van der Waals surface area contributed by atoms with Crippen molar-refractivity contribution in [3.63, 3.8) is 0 Å². The summed E-state index contributed by atoms with van der Waals surface area (Å²) in [6.07, 6.45) is 6.74. The molecule has 2 bridgehead atoms. The number of aromatic nitrogens is 1. The highest BCUT2D eigenvalue weighted by Crippen LogP contribution is 2.49. The second-order valence-corrected chi connectivity index (χ2v) is 6.49. The van der Waals surface area contributed by atoms with E-state index < -0.39 is 0 Å². The van der Waals surface area contributed by atoms with Gasteiger partial charge in [-0.3, -0.25) is 9.59 Å². The first-order valence-corrected chi connectivity index (χ1v) is 7.55. The zero-order valence-corrected chi connectivity index (χ0v) is 12.1. The molecule has 1 heterocycles. The lowest BCUT2D eigenvalue weighted by molar-refractivity contribution is 0.0914. The maximum absolute atomic E-state index is 12.2. The molecular weight excluding hydrogens is 252 g/mol. The van der Waals surface area contributed by atoms with Gasteiger partial charge < -0.3 is 10.3 Å². The van der Waals surface area contributed by atoms with Crippen LogP contribution < -0.4 is 10.7 Å². The lowest BCUT2D eigenvalue weighted by atomic mass is 9.84. The van der Waals surface area contributed by atoms with Crippen LogP contribution >= 0.6 is 0 Å². The minimum absolute atomic E-state index is 0.151. The average Bonchev–Trinajstić information content (AvgIpc) is 3.00. The minimum Gasteiger partial charge on any atom is -0.364 e. The largest absolute Gasteiger partial charge is 0.364 e. The van der Waals surface area contributed by atoms with Crippen LogP contribution in [0.4, 0.5) is 0 Å². The third-order valence-electron chi connectivity index (χ3n) is 5.10. The van der Waals surface area contributed by atoms with E-state index in [1.165, 1.54) is 37.9 Å². The van der Waals surface area contributed by atoms with E-state index in [1.54, 1.807) is 6.92 Å². The van der Waals surface area contributed by atoms with E-state index in [2.05, 4.69) is 17.2 Å². The predicted octanol–water partition coefficient (Wildman–Crippen LogP) is 2.24. The summed E-state index contributed by atoms with van der Waals surface area (Å²) < 4.78 is 0. The number of amides is 1. The first kappa shape index (κ1) is 13.4. The Bertz CT molecular complexity index is 578. The van der Waals surface area contributed by atoms with Crippen LogP contribution in [0.2, 0.25) is 0 Å². The van der Waals surface area contributed by atoms with Gasteiger partial charge in [-0.2, -0.15) is 0 Å². The first-order valence-electron chi connectivity index (χ1n) is 7.55. The molecule has 4 nitrogen and oxygen atoms in total. The van der Waals surface area contributed by atoms with Gasteiger partial charge >= 0.3 is 0 Å². The van der Waals surface area contributed by atoms with Crippen LogP contribution in [0.25, 0.3) is 0 Å². The normalized spacial score (nSPS) is 29.4. The number of carbonyl (C=O) groups is 1. The van der Waals surface area contributed by atoms with Crippen molar-refractivity contribution in [2.24, 2.45) is 17.8 Å². The van der Waals surface area contributed by atoms with E-state index in [4.69, 9.17) is 0 Å². The molecule has 108 valence electrons. The van der Waals surface area contributed by atoms with Crippen LogP contribution in [0.5, 0.6) is 0 Å². The Morgan fingerprint density at radius 1 is 1.40 bits per heavy atom. The number of aryl methyl sites for hydroxylation is 1. The number of hydrogen-bond acceptors (Lipinski definition) is 2. The van der Waals surface area contributed by atoms with E-state index >= 15 is 0 Å². The summed E-state index contributed by atoms with van der Waals surface area (Å²) in [6, 6.07) is 1.62. The number of nitrogens with one attached hydrogen (secondary N) is 2. The molecule has 2 saturated carbocycles. The van der Waals surface area contributed by atoms with Crippen molar-refractivity contribution in [1.82, 2.24) is 10.3 Å². The van der Waals surface area contributed by atoms with Crippen molar-refractivity contribution in [2.75, 3.05) is 0 Å². The highest BCUT2D eigenvalue weighted by Gasteiger charge is 2.42. The van der Waals surface area contributed by atoms with Gasteiger partial charge in [0.25, 0.3) is 5.91 Å². The molecule has 2 fully saturated rings. The molecule has 2 N–H and O–H groups in total. The number of carbonyl (C=O) groups excluding carboxylic acids is 1. The monoisotopic (exact) mass is 274 g/mol. The maximum Gasteiger partial charge on any atom is 0.256 e. The minimum atomic E-state index is -0.249. The van der Waals surface area contributed by atoms with Crippen molar-refractivity contribution in [1.29, 1.82) is 0 Å². The fourth-order valence-electron chi connectivity index (χ4n) is 4.05. The van der Waals surface area contributed by atoms with Gasteiger partial charge in [0.05, 0.1) is 0 Å². The summed E-state index contributed by atoms with van der Waals surface area (Å²) in [5, 5.41) is 3.02. The maximum atomic E-state index is 12.2. The molecule has 0 spiro atoms. The number of rotatable bonds is 3. The van der Waals surface area contributed by atoms with E-state index in [0.717, 1.165) is 17.5 Å². The van der Waals surface area contributed by atoms with Gasteiger partial charge in [0.2, 0.25) is 0 Å². The highest BCUT2D eigenvalue weighted by atomic mass is 16.2. The first-order chi connectivity index (χ1) is 9.54. The number of pyridine rings is 1. The van der Waals surface area contributed by atoms with Crippen LogP contribution in [0.3, 0.4) is 0 Å². The van der Waals surface area contributed by atoms with Gasteiger partial charge in [-0.15, -0.1) is 0 Å². The van der Waals surface area contributed by atoms with E-state index in [1.807, 2.05) is 0 Å². The van der Waals surface area contributed by atoms with Gasteiger partial charge in [0, 0.05) is 24.0 Å². The Hall–Kier alpha value is -1.58. The molecule has 4 unspecified atom stereocenters. The zero-order valence-electron chi connectivity index (χ0n) is 12.1. The summed E-state index contributed by atoms with van der Waals surface area (Å²) in [7, 11) is 0. The molecule has 4 heteroatoms. The molecule has 1 amide bonds. The molecule has 2 aliphatic carbocycles. The van der Waals surface area contributed by atoms with Crippen LogP contribution in [0, 0.1) is 24.7 Å². The van der Waals surface area contributed by atoms with E-state index in [9.17, 15) is 9.59 Å². The third kappa shape index (κ3) is 2.39. The van der Waals surface area contributed by atoms with E-state index in [-0.39, 0.29) is 22.9 Å². The SMILES string of the molecule is Cc1cc(=O)c(C(=O)NC(C)C2CC3CCC2C3)c[nH]1. The van der Waals surface area contributed by atoms with Crippen molar-refractivity contribution in [3.05, 3.63) is 33.7 Å². The summed E-state index contributed by atoms with van der Waals surface area (Å²) in [4.78, 5) is 27.0. The van der Waals surface area contributed by atoms with Gasteiger partial charge in [-0.25, -0.2) is 0 Å². The smallest absolute Gasteiger partial charge is 0.256 e. The third-order valence-corrected chi connectivity index (χ3v) is 5.10. The second kappa shape index (κ2) is 5.08. The molecule has 0 aliphatic heterocycles. The predicted molar refractivity (Wildman–Crippen MR) is 77.7 cm³/mol. The molecule has 0 radical (unpaired) electrons. The van der Waals surface area contributed by atoms with Gasteiger partial charge in [0.1, 0.15) is 5.56 Å². The summed E-state index contributed by atoms with van der Waals surface area (Å²) in [6.45, 7) is 3.88. The van der Waals surface area contributed by atoms with Gasteiger partial charge in [-0.1, -0.05) is 6.42 Å². The molecule has 4 atom stereocenters. The summed E-state index contributed by atoms with van der Waals surface area (Å²) >= 11 is 0. The van der Waals surface area contributed by atoms with Crippen molar-refractivity contribution >= 4 is 5.91 Å². The topological polar surface area (TPSA) is 62.0 Å². The molecule has 3 rings (SSSR count). The fraction of sp³-hybridized carbons (Fsp3) is 0.625. The van der Waals surface area contributed by atoms with Crippen LogP contribution in [-0.4, -0.2) is 16.9 Å². The number of H-pyrrole nitrogens is 1.